The molecule has 1 amide bonds. The van der Waals surface area contributed by atoms with Gasteiger partial charge in [0.1, 0.15) is 5.75 Å². The van der Waals surface area contributed by atoms with Crippen molar-refractivity contribution in [2.75, 3.05) is 39.3 Å². The molecule has 3 fully saturated rings. The van der Waals surface area contributed by atoms with E-state index in [0.29, 0.717) is 18.7 Å². The van der Waals surface area contributed by atoms with Gasteiger partial charge in [0.25, 0.3) is 5.91 Å². The Hall–Kier alpha value is -1.63. The number of carbonyl (C=O) groups is 1. The molecule has 4 rings (SSSR count). The molecule has 0 aliphatic carbocycles. The van der Waals surface area contributed by atoms with E-state index in [1.165, 1.54) is 0 Å². The zero-order valence-electron chi connectivity index (χ0n) is 16.8. The first kappa shape index (κ1) is 19.7. The molecule has 3 saturated heterocycles. The molecular formula is C22H32N2O4. The number of phenols is 1. The van der Waals surface area contributed by atoms with Crippen LogP contribution in [0.5, 0.6) is 5.75 Å². The Morgan fingerprint density at radius 3 is 2.82 bits per heavy atom. The molecule has 3 heterocycles. The Morgan fingerprint density at radius 1 is 1.29 bits per heavy atom. The highest BCUT2D eigenvalue weighted by Gasteiger charge is 2.43. The number of aryl methyl sites for hydroxylation is 1. The Balaban J connectivity index is 1.31. The van der Waals surface area contributed by atoms with Gasteiger partial charge in [-0.15, -0.1) is 0 Å². The molecule has 154 valence electrons. The van der Waals surface area contributed by atoms with Crippen LogP contribution in [0.3, 0.4) is 0 Å². The van der Waals surface area contributed by atoms with Gasteiger partial charge < -0.3 is 19.8 Å². The molecule has 2 N–H and O–H groups in total. The molecule has 3 aliphatic heterocycles. The predicted molar refractivity (Wildman–Crippen MR) is 106 cm³/mol. The highest BCUT2D eigenvalue weighted by atomic mass is 16.5. The van der Waals surface area contributed by atoms with Crippen molar-refractivity contribution < 1.29 is 19.7 Å². The molecule has 1 aromatic carbocycles. The molecule has 6 heteroatoms. The highest BCUT2D eigenvalue weighted by Crippen LogP contribution is 2.42. The highest BCUT2D eigenvalue weighted by molar-refractivity contribution is 5.97. The number of carbonyl (C=O) groups excluding carboxylic acids is 1. The van der Waals surface area contributed by atoms with E-state index < -0.39 is 0 Å². The molecule has 6 nitrogen and oxygen atoms in total. The zero-order chi connectivity index (χ0) is 19.7. The standard InChI is InChI=1S/C22H32N2O4/c1-16-4-5-20(26)19(11-16)21(27)24-9-6-22(7-10-24)12-18(28-15-22)14-23-8-2-3-17(25)13-23/h4-5,11,17-18,25-26H,2-3,6-10,12-15H2,1H3/t17-,18-/m1/s1. The fourth-order valence-electron chi connectivity index (χ4n) is 5.02. The van der Waals surface area contributed by atoms with E-state index in [-0.39, 0.29) is 29.3 Å². The average Bonchev–Trinajstić information content (AvgIpc) is 3.06. The minimum atomic E-state index is -0.198. The maximum atomic E-state index is 12.8. The van der Waals surface area contributed by atoms with E-state index in [0.717, 1.165) is 63.9 Å². The van der Waals surface area contributed by atoms with E-state index in [1.54, 1.807) is 12.1 Å². The van der Waals surface area contributed by atoms with Crippen molar-refractivity contribution in [3.05, 3.63) is 29.3 Å². The quantitative estimate of drug-likeness (QED) is 0.830. The van der Waals surface area contributed by atoms with Crippen LogP contribution in [0.15, 0.2) is 18.2 Å². The van der Waals surface area contributed by atoms with Gasteiger partial charge in [-0.25, -0.2) is 0 Å². The van der Waals surface area contributed by atoms with Gasteiger partial charge in [0.2, 0.25) is 0 Å². The van der Waals surface area contributed by atoms with E-state index >= 15 is 0 Å². The van der Waals surface area contributed by atoms with Gasteiger partial charge >= 0.3 is 0 Å². The number of aromatic hydroxyl groups is 1. The van der Waals surface area contributed by atoms with Crippen molar-refractivity contribution in [2.45, 2.75) is 51.2 Å². The summed E-state index contributed by atoms with van der Waals surface area (Å²) in [6.07, 6.45) is 4.94. The van der Waals surface area contributed by atoms with Crippen molar-refractivity contribution in [1.29, 1.82) is 0 Å². The number of hydrogen-bond acceptors (Lipinski definition) is 5. The Kier molecular flexibility index (Phi) is 5.63. The molecule has 2 atom stereocenters. The van der Waals surface area contributed by atoms with Crippen LogP contribution >= 0.6 is 0 Å². The SMILES string of the molecule is Cc1ccc(O)c(C(=O)N2CCC3(CC2)CO[C@@H](CN2CCC[C@@H](O)C2)C3)c1. The molecular weight excluding hydrogens is 356 g/mol. The second-order valence-corrected chi connectivity index (χ2v) is 9.01. The predicted octanol–water partition coefficient (Wildman–Crippen LogP) is 2.17. The van der Waals surface area contributed by atoms with E-state index in [9.17, 15) is 15.0 Å². The molecule has 1 aromatic rings. The first-order valence-corrected chi connectivity index (χ1v) is 10.6. The van der Waals surface area contributed by atoms with Gasteiger partial charge in [0.05, 0.1) is 24.4 Å². The molecule has 0 radical (unpaired) electrons. The third-order valence-corrected chi connectivity index (χ3v) is 6.72. The second kappa shape index (κ2) is 8.01. The molecule has 28 heavy (non-hydrogen) atoms. The largest absolute Gasteiger partial charge is 0.507 e. The maximum Gasteiger partial charge on any atom is 0.257 e. The van der Waals surface area contributed by atoms with Crippen LogP contribution < -0.4 is 0 Å². The number of benzene rings is 1. The third kappa shape index (κ3) is 4.19. The van der Waals surface area contributed by atoms with Gasteiger partial charge in [-0.3, -0.25) is 9.69 Å². The first-order chi connectivity index (χ1) is 13.4. The van der Waals surface area contributed by atoms with Crippen LogP contribution in [0.4, 0.5) is 0 Å². The molecule has 3 aliphatic rings. The van der Waals surface area contributed by atoms with Crippen molar-refractivity contribution in [1.82, 2.24) is 9.80 Å². The maximum absolute atomic E-state index is 12.8. The summed E-state index contributed by atoms with van der Waals surface area (Å²) in [4.78, 5) is 17.0. The molecule has 0 bridgehead atoms. The van der Waals surface area contributed by atoms with Crippen molar-refractivity contribution in [3.8, 4) is 5.75 Å². The summed E-state index contributed by atoms with van der Waals surface area (Å²) in [6, 6.07) is 5.18. The number of nitrogens with zero attached hydrogens (tertiary/aromatic N) is 2. The summed E-state index contributed by atoms with van der Waals surface area (Å²) in [7, 11) is 0. The minimum absolute atomic E-state index is 0.0591. The second-order valence-electron chi connectivity index (χ2n) is 9.01. The van der Waals surface area contributed by atoms with Crippen LogP contribution in [0, 0.1) is 12.3 Å². The number of ether oxygens (including phenoxy) is 1. The summed E-state index contributed by atoms with van der Waals surface area (Å²) in [5, 5.41) is 19.9. The van der Waals surface area contributed by atoms with Gasteiger partial charge in [-0.1, -0.05) is 11.6 Å². The molecule has 1 spiro atoms. The first-order valence-electron chi connectivity index (χ1n) is 10.6. The monoisotopic (exact) mass is 388 g/mol. The summed E-state index contributed by atoms with van der Waals surface area (Å²) in [6.45, 7) is 6.83. The molecule has 0 unspecified atom stereocenters. The summed E-state index contributed by atoms with van der Waals surface area (Å²) in [5.41, 5.74) is 1.55. The van der Waals surface area contributed by atoms with Crippen molar-refractivity contribution >= 4 is 5.91 Å². The summed E-state index contributed by atoms with van der Waals surface area (Å²) >= 11 is 0. The number of piperidine rings is 2. The van der Waals surface area contributed by atoms with Gasteiger partial charge in [0, 0.05) is 26.2 Å². The fourth-order valence-corrected chi connectivity index (χ4v) is 5.02. The Labute approximate surface area is 167 Å². The van der Waals surface area contributed by atoms with Crippen LogP contribution in [0.2, 0.25) is 0 Å². The minimum Gasteiger partial charge on any atom is -0.507 e. The Bertz CT molecular complexity index is 714. The van der Waals surface area contributed by atoms with Crippen LogP contribution in [0.25, 0.3) is 0 Å². The number of aliphatic hydroxyl groups excluding tert-OH is 1. The number of phenolic OH excluding ortho intramolecular Hbond substituents is 1. The van der Waals surface area contributed by atoms with Crippen LogP contribution in [-0.2, 0) is 4.74 Å². The van der Waals surface area contributed by atoms with Crippen LogP contribution in [-0.4, -0.2) is 77.5 Å². The smallest absolute Gasteiger partial charge is 0.257 e. The van der Waals surface area contributed by atoms with E-state index in [1.807, 2.05) is 17.9 Å². The number of amides is 1. The third-order valence-electron chi connectivity index (χ3n) is 6.72. The zero-order valence-corrected chi connectivity index (χ0v) is 16.8. The lowest BCUT2D eigenvalue weighted by Gasteiger charge is -2.38. The number of likely N-dealkylation sites (tertiary alicyclic amines) is 2. The normalized spacial score (nSPS) is 28.0. The van der Waals surface area contributed by atoms with Crippen molar-refractivity contribution in [3.63, 3.8) is 0 Å². The van der Waals surface area contributed by atoms with Gasteiger partial charge in [-0.05, 0) is 63.1 Å². The van der Waals surface area contributed by atoms with Gasteiger partial charge in [0.15, 0.2) is 0 Å². The molecule has 0 saturated carbocycles. The lowest BCUT2D eigenvalue weighted by atomic mass is 9.76. The topological polar surface area (TPSA) is 73.2 Å². The van der Waals surface area contributed by atoms with E-state index in [4.69, 9.17) is 4.74 Å². The number of rotatable bonds is 3. The lowest BCUT2D eigenvalue weighted by Crippen LogP contribution is -2.44. The summed E-state index contributed by atoms with van der Waals surface area (Å²) < 4.78 is 6.13. The van der Waals surface area contributed by atoms with E-state index in [2.05, 4.69) is 4.90 Å². The number of β-amino-alcohol motifs (C(OH)–C–C–N with tert-alkyl or cyclic N) is 1. The fraction of sp³-hybridized carbons (Fsp3) is 0.682. The Morgan fingerprint density at radius 2 is 2.07 bits per heavy atom. The van der Waals surface area contributed by atoms with Gasteiger partial charge in [-0.2, -0.15) is 0 Å². The van der Waals surface area contributed by atoms with Crippen LogP contribution in [0.1, 0.15) is 48.0 Å². The number of aliphatic hydroxyl groups is 1. The van der Waals surface area contributed by atoms with Crippen molar-refractivity contribution in [2.24, 2.45) is 5.41 Å². The molecule has 0 aromatic heterocycles. The lowest BCUT2D eigenvalue weighted by molar-refractivity contribution is 0.0227. The summed E-state index contributed by atoms with van der Waals surface area (Å²) in [5.74, 6) is -0.0160. The number of hydrogen-bond donors (Lipinski definition) is 2. The average molecular weight is 389 g/mol.